The minimum absolute atomic E-state index is 0.0453. The van der Waals surface area contributed by atoms with Crippen molar-refractivity contribution in [2.24, 2.45) is 0 Å². The third-order valence-electron chi connectivity index (χ3n) is 5.03. The molecule has 0 aliphatic carbocycles. The third-order valence-corrected chi connectivity index (χ3v) is 5.85. The first kappa shape index (κ1) is 23.3. The van der Waals surface area contributed by atoms with Gasteiger partial charge in [-0.25, -0.2) is 9.69 Å². The summed E-state index contributed by atoms with van der Waals surface area (Å²) in [5.41, 5.74) is 1.51. The predicted molar refractivity (Wildman–Crippen MR) is 134 cm³/mol. The lowest BCUT2D eigenvalue weighted by Crippen LogP contribution is -2.54. The van der Waals surface area contributed by atoms with Crippen molar-refractivity contribution in [2.75, 3.05) is 12.0 Å². The van der Waals surface area contributed by atoms with Crippen molar-refractivity contribution in [1.82, 2.24) is 5.32 Å². The molecular formula is C25H19IN2O6. The lowest BCUT2D eigenvalue weighted by atomic mass is 10.1. The molecule has 0 atom stereocenters. The number of barbiturate groups is 1. The molecule has 4 amide bonds. The largest absolute Gasteiger partial charge is 0.504 e. The number of rotatable bonds is 6. The molecule has 3 aromatic rings. The van der Waals surface area contributed by atoms with Crippen LogP contribution >= 0.6 is 22.6 Å². The number of imide groups is 2. The number of urea groups is 1. The van der Waals surface area contributed by atoms with E-state index >= 15 is 0 Å². The summed E-state index contributed by atoms with van der Waals surface area (Å²) in [6.45, 7) is 0.375. The van der Waals surface area contributed by atoms with Gasteiger partial charge in [0.15, 0.2) is 11.5 Å². The minimum Gasteiger partial charge on any atom is -0.504 e. The molecule has 2 N–H and O–H groups in total. The fourth-order valence-corrected chi connectivity index (χ4v) is 3.95. The van der Waals surface area contributed by atoms with Crippen LogP contribution in [0.5, 0.6) is 17.2 Å². The number of carbonyl (C=O) groups is 3. The van der Waals surface area contributed by atoms with Crippen LogP contribution in [0.2, 0.25) is 0 Å². The molecule has 172 valence electrons. The Balaban J connectivity index is 1.57. The quantitative estimate of drug-likeness (QED) is 0.261. The van der Waals surface area contributed by atoms with Crippen molar-refractivity contribution in [3.63, 3.8) is 0 Å². The van der Waals surface area contributed by atoms with Crippen molar-refractivity contribution in [3.8, 4) is 17.2 Å². The zero-order valence-corrected chi connectivity index (χ0v) is 20.1. The SMILES string of the molecule is COc1cc(/C=C2\C(=O)NC(=O)N(c3ccc(OCc4ccccc4)cc3)C2=O)cc(I)c1O. The van der Waals surface area contributed by atoms with Crippen molar-refractivity contribution in [3.05, 3.63) is 87.0 Å². The Labute approximate surface area is 208 Å². The number of anilines is 1. The maximum absolute atomic E-state index is 13.1. The van der Waals surface area contributed by atoms with Crippen LogP contribution in [0.3, 0.4) is 0 Å². The van der Waals surface area contributed by atoms with Gasteiger partial charge in [-0.15, -0.1) is 0 Å². The van der Waals surface area contributed by atoms with E-state index in [1.165, 1.54) is 19.3 Å². The Morgan fingerprint density at radius 3 is 2.41 bits per heavy atom. The molecule has 1 aliphatic rings. The van der Waals surface area contributed by atoms with Gasteiger partial charge in [-0.2, -0.15) is 0 Å². The number of phenols is 1. The summed E-state index contributed by atoms with van der Waals surface area (Å²) in [4.78, 5) is 38.9. The Kier molecular flexibility index (Phi) is 6.82. The van der Waals surface area contributed by atoms with Gasteiger partial charge in [0, 0.05) is 0 Å². The van der Waals surface area contributed by atoms with Crippen molar-refractivity contribution < 1.29 is 29.0 Å². The van der Waals surface area contributed by atoms with Gasteiger partial charge < -0.3 is 14.6 Å². The lowest BCUT2D eigenvalue weighted by Gasteiger charge is -2.26. The third kappa shape index (κ3) is 4.88. The fourth-order valence-electron chi connectivity index (χ4n) is 3.32. The predicted octanol–water partition coefficient (Wildman–Crippen LogP) is 4.25. The van der Waals surface area contributed by atoms with E-state index < -0.39 is 17.8 Å². The van der Waals surface area contributed by atoms with Crippen LogP contribution in [-0.2, 0) is 16.2 Å². The molecule has 0 radical (unpaired) electrons. The number of nitrogens with one attached hydrogen (secondary N) is 1. The van der Waals surface area contributed by atoms with E-state index in [9.17, 15) is 19.5 Å². The lowest BCUT2D eigenvalue weighted by molar-refractivity contribution is -0.122. The van der Waals surface area contributed by atoms with E-state index in [0.29, 0.717) is 21.5 Å². The van der Waals surface area contributed by atoms with Gasteiger partial charge in [0.05, 0.1) is 16.4 Å². The molecule has 8 nitrogen and oxygen atoms in total. The van der Waals surface area contributed by atoms with E-state index in [2.05, 4.69) is 5.32 Å². The van der Waals surface area contributed by atoms with Gasteiger partial charge in [-0.1, -0.05) is 30.3 Å². The number of nitrogens with zero attached hydrogens (tertiary/aromatic N) is 1. The van der Waals surface area contributed by atoms with Gasteiger partial charge >= 0.3 is 6.03 Å². The second kappa shape index (κ2) is 9.96. The average molecular weight is 570 g/mol. The molecule has 0 bridgehead atoms. The molecular weight excluding hydrogens is 551 g/mol. The molecule has 1 saturated heterocycles. The second-order valence-electron chi connectivity index (χ2n) is 7.28. The minimum atomic E-state index is -0.844. The van der Waals surface area contributed by atoms with Gasteiger partial charge in [0.2, 0.25) is 0 Å². The summed E-state index contributed by atoms with van der Waals surface area (Å²) in [6.07, 6.45) is 1.35. The van der Waals surface area contributed by atoms with Crippen molar-refractivity contribution >= 4 is 52.2 Å². The van der Waals surface area contributed by atoms with E-state index in [4.69, 9.17) is 9.47 Å². The van der Waals surface area contributed by atoms with Gasteiger partial charge in [-0.3, -0.25) is 14.9 Å². The zero-order chi connectivity index (χ0) is 24.2. The number of phenolic OH excluding ortho intramolecular Hbond substituents is 1. The molecule has 34 heavy (non-hydrogen) atoms. The summed E-state index contributed by atoms with van der Waals surface area (Å²) >= 11 is 1.91. The van der Waals surface area contributed by atoms with Crippen molar-refractivity contribution in [1.29, 1.82) is 0 Å². The monoisotopic (exact) mass is 570 g/mol. The average Bonchev–Trinajstić information content (AvgIpc) is 2.84. The number of amides is 4. The number of carbonyl (C=O) groups excluding carboxylic acids is 3. The number of hydrogen-bond donors (Lipinski definition) is 2. The highest BCUT2D eigenvalue weighted by Crippen LogP contribution is 2.33. The maximum Gasteiger partial charge on any atom is 0.335 e. The number of halogens is 1. The highest BCUT2D eigenvalue weighted by atomic mass is 127. The molecule has 1 aliphatic heterocycles. The molecule has 3 aromatic carbocycles. The fraction of sp³-hybridized carbons (Fsp3) is 0.0800. The standard InChI is InChI=1S/C25H19IN2O6/c1-33-21-13-16(12-20(26)22(21)29)11-19-23(30)27-25(32)28(24(19)31)17-7-9-18(10-8-17)34-14-15-5-3-2-4-6-15/h2-13,29H,14H2,1H3,(H,27,30,32)/b19-11+. The number of methoxy groups -OCH3 is 1. The van der Waals surface area contributed by atoms with Crippen LogP contribution in [0.4, 0.5) is 10.5 Å². The van der Waals surface area contributed by atoms with Crippen LogP contribution < -0.4 is 19.7 Å². The molecule has 1 fully saturated rings. The first-order valence-electron chi connectivity index (χ1n) is 10.1. The smallest absolute Gasteiger partial charge is 0.335 e. The molecule has 0 aromatic heterocycles. The zero-order valence-electron chi connectivity index (χ0n) is 17.9. The van der Waals surface area contributed by atoms with E-state index in [0.717, 1.165) is 10.5 Å². The van der Waals surface area contributed by atoms with Crippen LogP contribution in [-0.4, -0.2) is 30.1 Å². The summed E-state index contributed by atoms with van der Waals surface area (Å²) < 4.78 is 11.4. The first-order chi connectivity index (χ1) is 16.4. The molecule has 4 rings (SSSR count). The number of aromatic hydroxyl groups is 1. The summed E-state index contributed by atoms with van der Waals surface area (Å²) in [5.74, 6) is -0.863. The number of benzene rings is 3. The Bertz CT molecular complexity index is 1290. The summed E-state index contributed by atoms with van der Waals surface area (Å²) in [6, 6.07) is 18.3. The first-order valence-corrected chi connectivity index (χ1v) is 11.2. The Morgan fingerprint density at radius 1 is 1.03 bits per heavy atom. The molecule has 0 saturated carbocycles. The van der Waals surface area contributed by atoms with Gasteiger partial charge in [-0.05, 0) is 76.2 Å². The number of hydrogen-bond acceptors (Lipinski definition) is 6. The van der Waals surface area contributed by atoms with Crippen LogP contribution in [0.15, 0.2) is 72.3 Å². The van der Waals surface area contributed by atoms with Gasteiger partial charge in [0.1, 0.15) is 17.9 Å². The van der Waals surface area contributed by atoms with Crippen LogP contribution in [0.1, 0.15) is 11.1 Å². The van der Waals surface area contributed by atoms with E-state index in [-0.39, 0.29) is 22.8 Å². The van der Waals surface area contributed by atoms with Crippen LogP contribution in [0.25, 0.3) is 6.08 Å². The Hall–Kier alpha value is -3.86. The summed E-state index contributed by atoms with van der Waals surface area (Å²) in [7, 11) is 1.40. The topological polar surface area (TPSA) is 105 Å². The van der Waals surface area contributed by atoms with Crippen molar-refractivity contribution in [2.45, 2.75) is 6.61 Å². The maximum atomic E-state index is 13.1. The summed E-state index contributed by atoms with van der Waals surface area (Å²) in [5, 5.41) is 12.2. The van der Waals surface area contributed by atoms with Crippen LogP contribution in [0, 0.1) is 3.57 Å². The second-order valence-corrected chi connectivity index (χ2v) is 8.44. The molecule has 1 heterocycles. The van der Waals surface area contributed by atoms with E-state index in [1.807, 2.05) is 52.9 Å². The molecule has 9 heteroatoms. The highest BCUT2D eigenvalue weighted by Gasteiger charge is 2.36. The normalized spacial score (nSPS) is 14.8. The number of ether oxygens (including phenoxy) is 2. The Morgan fingerprint density at radius 2 is 1.74 bits per heavy atom. The molecule has 0 unspecified atom stereocenters. The highest BCUT2D eigenvalue weighted by molar-refractivity contribution is 14.1. The van der Waals surface area contributed by atoms with E-state index in [1.54, 1.807) is 30.3 Å². The molecule has 0 spiro atoms. The van der Waals surface area contributed by atoms with Gasteiger partial charge in [0.25, 0.3) is 11.8 Å².